The van der Waals surface area contributed by atoms with Gasteiger partial charge in [0.05, 0.1) is 5.69 Å². The fraction of sp³-hybridized carbons (Fsp3) is 0.0800. The lowest BCUT2D eigenvalue weighted by Gasteiger charge is -2.20. The van der Waals surface area contributed by atoms with Gasteiger partial charge in [0.15, 0.2) is 0 Å². The molecule has 0 radical (unpaired) electrons. The van der Waals surface area contributed by atoms with Gasteiger partial charge in [0, 0.05) is 23.4 Å². The lowest BCUT2D eigenvalue weighted by molar-refractivity contribution is 0.757. The minimum Gasteiger partial charge on any atom is -0.369 e. The zero-order chi connectivity index (χ0) is 19.0. The maximum Gasteiger partial charge on any atom is 0.134 e. The zero-order valence-corrected chi connectivity index (χ0v) is 16.3. The Labute approximate surface area is 170 Å². The molecule has 4 aromatic rings. The molecule has 0 saturated carbocycles. The van der Waals surface area contributed by atoms with Gasteiger partial charge in [-0.15, -0.1) is 0 Å². The molecule has 0 aliphatic carbocycles. The van der Waals surface area contributed by atoms with Crippen molar-refractivity contribution in [1.82, 2.24) is 5.32 Å². The smallest absolute Gasteiger partial charge is 0.134 e. The molecule has 2 nitrogen and oxygen atoms in total. The quantitative estimate of drug-likeness (QED) is 0.309. The zero-order valence-electron chi connectivity index (χ0n) is 15.5. The summed E-state index contributed by atoms with van der Waals surface area (Å²) in [6.45, 7) is 0.773. The van der Waals surface area contributed by atoms with Crippen molar-refractivity contribution in [3.05, 3.63) is 125 Å². The third-order valence-electron chi connectivity index (χ3n) is 4.67. The maximum absolute atomic E-state index is 4.87. The van der Waals surface area contributed by atoms with Crippen LogP contribution in [0, 0.1) is 0 Å². The molecule has 3 aromatic carbocycles. The first-order valence-corrected chi connectivity index (χ1v) is 10.3. The molecular weight excluding hydrogens is 360 g/mol. The predicted octanol–water partition coefficient (Wildman–Crippen LogP) is 6.25. The van der Waals surface area contributed by atoms with Crippen LogP contribution in [0.1, 0.15) is 22.6 Å². The molecule has 1 aromatic heterocycles. The topological polar surface area (TPSA) is 24.4 Å². The molecule has 28 heavy (non-hydrogen) atoms. The normalized spacial score (nSPS) is 11.5. The summed E-state index contributed by atoms with van der Waals surface area (Å²) in [5.74, 6) is 1.16. The first-order chi connectivity index (χ1) is 13.9. The van der Waals surface area contributed by atoms with Gasteiger partial charge >= 0.3 is 0 Å². The van der Waals surface area contributed by atoms with Gasteiger partial charge in [-0.3, -0.25) is 0 Å². The van der Waals surface area contributed by atoms with E-state index < -0.39 is 0 Å². The molecule has 0 amide bonds. The molecule has 1 heterocycles. The summed E-state index contributed by atoms with van der Waals surface area (Å²) in [7, 11) is 0. The van der Waals surface area contributed by atoms with Crippen molar-refractivity contribution in [3.8, 4) is 0 Å². The third-order valence-corrected chi connectivity index (χ3v) is 5.35. The summed E-state index contributed by atoms with van der Waals surface area (Å²) in [6.07, 6.45) is 0. The van der Waals surface area contributed by atoms with Crippen LogP contribution < -0.4 is 5.32 Å². The fourth-order valence-corrected chi connectivity index (χ4v) is 3.88. The minimum absolute atomic E-state index is 0.252. The minimum atomic E-state index is 0.252. The number of hydrogen-bond acceptors (Lipinski definition) is 2. The number of benzene rings is 3. The standard InChI is InChI=1S/C25H22N2S/c1-4-10-20(11-5-1)24(21-12-6-2-7-13-21)18-26-25(22-16-17-28-19-22)27-23-14-8-3-9-15-23/h1-17,19,24H,18H2,(H,26,27). The summed E-state index contributed by atoms with van der Waals surface area (Å²) < 4.78 is 0. The molecule has 0 fully saturated rings. The van der Waals surface area contributed by atoms with Gasteiger partial charge in [0.1, 0.15) is 5.84 Å². The molecule has 0 bridgehead atoms. The summed E-state index contributed by atoms with van der Waals surface area (Å²) in [5.41, 5.74) is 4.66. The Kier molecular flexibility index (Phi) is 5.95. The number of nitrogens with zero attached hydrogens (tertiary/aromatic N) is 1. The Bertz CT molecular complexity index is 955. The number of hydrogen-bond donors (Lipinski definition) is 1. The second kappa shape index (κ2) is 9.16. The average molecular weight is 383 g/mol. The van der Waals surface area contributed by atoms with Crippen LogP contribution in [0.3, 0.4) is 0 Å². The molecule has 1 N–H and O–H groups in total. The third kappa shape index (κ3) is 4.56. The molecule has 0 spiro atoms. The Morgan fingerprint density at radius 3 is 1.86 bits per heavy atom. The van der Waals surface area contributed by atoms with Gasteiger partial charge < -0.3 is 5.32 Å². The molecule has 0 saturated heterocycles. The van der Waals surface area contributed by atoms with Gasteiger partial charge in [0.2, 0.25) is 0 Å². The molecule has 4 rings (SSSR count). The highest BCUT2D eigenvalue weighted by Gasteiger charge is 2.15. The van der Waals surface area contributed by atoms with Crippen LogP contribution in [0.2, 0.25) is 0 Å². The van der Waals surface area contributed by atoms with E-state index in [9.17, 15) is 0 Å². The summed E-state index contributed by atoms with van der Waals surface area (Å²) in [5, 5.41) is 7.84. The van der Waals surface area contributed by atoms with E-state index in [1.54, 1.807) is 11.3 Å². The van der Waals surface area contributed by atoms with Crippen LogP contribution in [-0.4, -0.2) is 12.4 Å². The van der Waals surface area contributed by atoms with Crippen molar-refractivity contribution in [2.24, 2.45) is 4.99 Å². The van der Waals surface area contributed by atoms with E-state index in [0.29, 0.717) is 0 Å². The van der Waals surface area contributed by atoms with Crippen molar-refractivity contribution in [1.29, 1.82) is 0 Å². The Morgan fingerprint density at radius 1 is 0.750 bits per heavy atom. The van der Waals surface area contributed by atoms with E-state index in [2.05, 4.69) is 82.8 Å². The number of aliphatic imine (C=N–C) groups is 1. The van der Waals surface area contributed by atoms with Gasteiger partial charge in [-0.25, -0.2) is 4.99 Å². The number of rotatable bonds is 6. The first kappa shape index (κ1) is 18.2. The van der Waals surface area contributed by atoms with Crippen LogP contribution in [-0.2, 0) is 0 Å². The Hall–Kier alpha value is -3.17. The molecule has 138 valence electrons. The van der Waals surface area contributed by atoms with Crippen molar-refractivity contribution in [2.45, 2.75) is 5.92 Å². The van der Waals surface area contributed by atoms with Crippen molar-refractivity contribution >= 4 is 22.9 Å². The maximum atomic E-state index is 4.87. The van der Waals surface area contributed by atoms with E-state index in [-0.39, 0.29) is 5.92 Å². The predicted molar refractivity (Wildman–Crippen MR) is 120 cm³/mol. The lowest BCUT2D eigenvalue weighted by Crippen LogP contribution is -2.29. The fourth-order valence-electron chi connectivity index (χ4n) is 3.23. The monoisotopic (exact) mass is 382 g/mol. The first-order valence-electron chi connectivity index (χ1n) is 9.40. The van der Waals surface area contributed by atoms with Crippen molar-refractivity contribution in [3.63, 3.8) is 0 Å². The van der Waals surface area contributed by atoms with Crippen LogP contribution in [0.25, 0.3) is 0 Å². The highest BCUT2D eigenvalue weighted by molar-refractivity contribution is 7.08. The molecule has 0 aliphatic rings. The van der Waals surface area contributed by atoms with E-state index in [1.807, 2.05) is 30.3 Å². The van der Waals surface area contributed by atoms with Crippen molar-refractivity contribution < 1.29 is 0 Å². The average Bonchev–Trinajstić information content (AvgIpc) is 3.30. The second-order valence-corrected chi connectivity index (χ2v) is 7.34. The highest BCUT2D eigenvalue weighted by Crippen LogP contribution is 2.24. The van der Waals surface area contributed by atoms with E-state index >= 15 is 0 Å². The summed E-state index contributed by atoms with van der Waals surface area (Å²) in [4.78, 5) is 4.87. The van der Waals surface area contributed by atoms with Gasteiger partial charge in [-0.05, 0) is 34.7 Å². The van der Waals surface area contributed by atoms with E-state index in [1.165, 1.54) is 11.1 Å². The van der Waals surface area contributed by atoms with Crippen LogP contribution >= 0.6 is 11.3 Å². The largest absolute Gasteiger partial charge is 0.369 e. The van der Waals surface area contributed by atoms with Crippen LogP contribution in [0.5, 0.6) is 0 Å². The summed E-state index contributed by atoms with van der Waals surface area (Å²) in [6, 6.07) is 33.5. The number of nitrogens with one attached hydrogen (secondary N) is 1. The molecular formula is C25H22N2S. The number of para-hydroxylation sites is 1. The molecule has 0 atom stereocenters. The highest BCUT2D eigenvalue weighted by atomic mass is 32.1. The Morgan fingerprint density at radius 2 is 1.32 bits per heavy atom. The molecule has 3 heteroatoms. The van der Waals surface area contributed by atoms with Gasteiger partial charge in [-0.1, -0.05) is 78.9 Å². The van der Waals surface area contributed by atoms with Crippen molar-refractivity contribution in [2.75, 3.05) is 6.54 Å². The number of amidine groups is 1. The molecule has 0 aliphatic heterocycles. The second-order valence-electron chi connectivity index (χ2n) is 6.56. The van der Waals surface area contributed by atoms with Gasteiger partial charge in [-0.2, -0.15) is 11.3 Å². The van der Waals surface area contributed by atoms with Crippen LogP contribution in [0.15, 0.2) is 113 Å². The Balaban J connectivity index is 1.63. The van der Waals surface area contributed by atoms with Gasteiger partial charge in [0.25, 0.3) is 0 Å². The van der Waals surface area contributed by atoms with Crippen LogP contribution in [0.4, 0.5) is 5.69 Å². The summed E-state index contributed by atoms with van der Waals surface area (Å²) >= 11 is 1.68. The molecule has 0 unspecified atom stereocenters. The van der Waals surface area contributed by atoms with E-state index in [4.69, 9.17) is 4.99 Å². The SMILES string of the molecule is c1ccc(/N=C(\NCC(c2ccccc2)c2ccccc2)c2ccsc2)cc1. The number of thiophene rings is 1. The van der Waals surface area contributed by atoms with E-state index in [0.717, 1.165) is 23.6 Å². The lowest BCUT2D eigenvalue weighted by atomic mass is 9.91.